The van der Waals surface area contributed by atoms with E-state index in [0.717, 1.165) is 22.1 Å². The molecule has 1 saturated heterocycles. The van der Waals surface area contributed by atoms with Gasteiger partial charge in [0.15, 0.2) is 0 Å². The summed E-state index contributed by atoms with van der Waals surface area (Å²) in [6, 6.07) is 12.1. The molecule has 0 aliphatic carbocycles. The summed E-state index contributed by atoms with van der Waals surface area (Å²) < 4.78 is 5.25. The highest BCUT2D eigenvalue weighted by atomic mass is 16.5. The average Bonchev–Trinajstić information content (AvgIpc) is 2.79. The molecular formula is C17H20N2O2. The Morgan fingerprint density at radius 1 is 1.24 bits per heavy atom. The lowest BCUT2D eigenvalue weighted by Gasteiger charge is -2.26. The van der Waals surface area contributed by atoms with Crippen LogP contribution in [0.4, 0.5) is 0 Å². The molecule has 0 spiro atoms. The highest BCUT2D eigenvalue weighted by Gasteiger charge is 2.37. The van der Waals surface area contributed by atoms with Crippen molar-refractivity contribution in [3.63, 3.8) is 0 Å². The van der Waals surface area contributed by atoms with Gasteiger partial charge in [0.05, 0.1) is 13.2 Å². The van der Waals surface area contributed by atoms with Gasteiger partial charge in [0.2, 0.25) is 5.91 Å². The van der Waals surface area contributed by atoms with Crippen LogP contribution in [0.2, 0.25) is 0 Å². The third kappa shape index (κ3) is 2.36. The van der Waals surface area contributed by atoms with Crippen LogP contribution in [0.3, 0.4) is 0 Å². The molecule has 2 aromatic rings. The van der Waals surface area contributed by atoms with Gasteiger partial charge in [-0.3, -0.25) is 4.79 Å². The number of nitrogens with two attached hydrogens (primary N) is 1. The van der Waals surface area contributed by atoms with E-state index in [9.17, 15) is 4.79 Å². The third-order valence-electron chi connectivity index (χ3n) is 4.23. The number of rotatable bonds is 3. The van der Waals surface area contributed by atoms with Gasteiger partial charge in [0.1, 0.15) is 5.75 Å². The normalized spacial score (nSPS) is 22.0. The van der Waals surface area contributed by atoms with Crippen LogP contribution in [0, 0.1) is 0 Å². The van der Waals surface area contributed by atoms with Crippen LogP contribution >= 0.6 is 0 Å². The van der Waals surface area contributed by atoms with Crippen molar-refractivity contribution in [2.24, 2.45) is 5.73 Å². The number of benzene rings is 2. The average molecular weight is 284 g/mol. The molecule has 1 fully saturated rings. The maximum absolute atomic E-state index is 12.0. The number of likely N-dealkylation sites (N-methyl/N-ethyl adjacent to an activating group) is 1. The number of hydrogen-bond acceptors (Lipinski definition) is 3. The van der Waals surface area contributed by atoms with Gasteiger partial charge in [-0.15, -0.1) is 0 Å². The SMILES string of the molecule is CCN1C(=O)CC(N)C1c1ccc2cc(OC)ccc2c1. The quantitative estimate of drug-likeness (QED) is 0.942. The van der Waals surface area contributed by atoms with Crippen LogP contribution in [0.15, 0.2) is 36.4 Å². The summed E-state index contributed by atoms with van der Waals surface area (Å²) in [5, 5.41) is 2.26. The maximum atomic E-state index is 12.0. The molecule has 0 aromatic heterocycles. The third-order valence-corrected chi connectivity index (χ3v) is 4.23. The number of methoxy groups -OCH3 is 1. The minimum atomic E-state index is -0.131. The Bertz CT molecular complexity index is 684. The second kappa shape index (κ2) is 5.37. The summed E-state index contributed by atoms with van der Waals surface area (Å²) in [7, 11) is 1.66. The first kappa shape index (κ1) is 13.9. The minimum absolute atomic E-state index is 0.0194. The molecular weight excluding hydrogens is 264 g/mol. The number of fused-ring (bicyclic) bond motifs is 1. The lowest BCUT2D eigenvalue weighted by atomic mass is 9.97. The molecule has 2 aromatic carbocycles. The van der Waals surface area contributed by atoms with Gasteiger partial charge in [0, 0.05) is 19.0 Å². The molecule has 1 aliphatic heterocycles. The van der Waals surface area contributed by atoms with Gasteiger partial charge in [-0.05, 0) is 41.5 Å². The summed E-state index contributed by atoms with van der Waals surface area (Å²) in [4.78, 5) is 13.8. The zero-order valence-corrected chi connectivity index (χ0v) is 12.4. The lowest BCUT2D eigenvalue weighted by Crippen LogP contribution is -2.32. The molecule has 0 radical (unpaired) electrons. The van der Waals surface area contributed by atoms with Crippen LogP contribution in [0.25, 0.3) is 10.8 Å². The molecule has 2 N–H and O–H groups in total. The van der Waals surface area contributed by atoms with Crippen LogP contribution in [-0.2, 0) is 4.79 Å². The van der Waals surface area contributed by atoms with Gasteiger partial charge in [-0.25, -0.2) is 0 Å². The molecule has 1 amide bonds. The van der Waals surface area contributed by atoms with E-state index < -0.39 is 0 Å². The standard InChI is InChI=1S/C17H20N2O2/c1-3-19-16(20)10-15(18)17(19)13-5-4-12-9-14(21-2)7-6-11(12)8-13/h4-9,15,17H,3,10,18H2,1-2H3. The zero-order chi connectivity index (χ0) is 15.0. The summed E-state index contributed by atoms with van der Waals surface area (Å²) in [6.07, 6.45) is 0.430. The van der Waals surface area contributed by atoms with Gasteiger partial charge in [0.25, 0.3) is 0 Å². The molecule has 3 rings (SSSR count). The van der Waals surface area contributed by atoms with Crippen LogP contribution in [-0.4, -0.2) is 30.5 Å². The molecule has 110 valence electrons. The van der Waals surface area contributed by atoms with E-state index in [4.69, 9.17) is 10.5 Å². The van der Waals surface area contributed by atoms with Crippen molar-refractivity contribution >= 4 is 16.7 Å². The predicted octanol–water partition coefficient (Wildman–Crippen LogP) is 2.47. The van der Waals surface area contributed by atoms with Gasteiger partial charge in [-0.1, -0.05) is 18.2 Å². The van der Waals surface area contributed by atoms with E-state index in [1.807, 2.05) is 30.0 Å². The van der Waals surface area contributed by atoms with Crippen molar-refractivity contribution in [2.75, 3.05) is 13.7 Å². The smallest absolute Gasteiger partial charge is 0.224 e. The first-order chi connectivity index (χ1) is 10.1. The Morgan fingerprint density at radius 2 is 1.95 bits per heavy atom. The molecule has 0 saturated carbocycles. The molecule has 0 bridgehead atoms. The fraction of sp³-hybridized carbons (Fsp3) is 0.353. The number of amides is 1. The molecule has 1 aliphatic rings. The second-order valence-corrected chi connectivity index (χ2v) is 5.47. The molecule has 2 unspecified atom stereocenters. The van der Waals surface area contributed by atoms with E-state index in [-0.39, 0.29) is 18.0 Å². The van der Waals surface area contributed by atoms with E-state index in [1.54, 1.807) is 7.11 Å². The molecule has 1 heterocycles. The number of nitrogens with zero attached hydrogens (tertiary/aromatic N) is 1. The van der Waals surface area contributed by atoms with Crippen LogP contribution in [0.5, 0.6) is 5.75 Å². The molecule has 2 atom stereocenters. The molecule has 4 nitrogen and oxygen atoms in total. The Labute approximate surface area is 124 Å². The molecule has 4 heteroatoms. The second-order valence-electron chi connectivity index (χ2n) is 5.47. The van der Waals surface area contributed by atoms with E-state index in [0.29, 0.717) is 13.0 Å². The number of likely N-dealkylation sites (tertiary alicyclic amines) is 1. The Hall–Kier alpha value is -2.07. The first-order valence-corrected chi connectivity index (χ1v) is 7.26. The summed E-state index contributed by atoms with van der Waals surface area (Å²) in [5.41, 5.74) is 7.28. The fourth-order valence-corrected chi connectivity index (χ4v) is 3.17. The predicted molar refractivity (Wildman–Crippen MR) is 83.2 cm³/mol. The van der Waals surface area contributed by atoms with Gasteiger partial charge in [-0.2, -0.15) is 0 Å². The van der Waals surface area contributed by atoms with Gasteiger partial charge < -0.3 is 15.4 Å². The highest BCUT2D eigenvalue weighted by Crippen LogP contribution is 2.33. The van der Waals surface area contributed by atoms with Gasteiger partial charge >= 0.3 is 0 Å². The monoisotopic (exact) mass is 284 g/mol. The number of ether oxygens (including phenoxy) is 1. The topological polar surface area (TPSA) is 55.6 Å². The van der Waals surface area contributed by atoms with Crippen molar-refractivity contribution in [3.8, 4) is 5.75 Å². The Balaban J connectivity index is 2.02. The minimum Gasteiger partial charge on any atom is -0.497 e. The van der Waals surface area contributed by atoms with Crippen molar-refractivity contribution < 1.29 is 9.53 Å². The summed E-state index contributed by atoms with van der Waals surface area (Å²) in [5.74, 6) is 0.989. The van der Waals surface area contributed by atoms with Crippen LogP contribution < -0.4 is 10.5 Å². The first-order valence-electron chi connectivity index (χ1n) is 7.26. The maximum Gasteiger partial charge on any atom is 0.224 e. The lowest BCUT2D eigenvalue weighted by molar-refractivity contribution is -0.128. The largest absolute Gasteiger partial charge is 0.497 e. The zero-order valence-electron chi connectivity index (χ0n) is 12.4. The summed E-state index contributed by atoms with van der Waals surface area (Å²) in [6.45, 7) is 2.69. The highest BCUT2D eigenvalue weighted by molar-refractivity contribution is 5.85. The van der Waals surface area contributed by atoms with Crippen molar-refractivity contribution in [2.45, 2.75) is 25.4 Å². The van der Waals surface area contributed by atoms with Crippen molar-refractivity contribution in [3.05, 3.63) is 42.0 Å². The molecule has 21 heavy (non-hydrogen) atoms. The van der Waals surface area contributed by atoms with Crippen LogP contribution in [0.1, 0.15) is 24.9 Å². The number of carbonyl (C=O) groups excluding carboxylic acids is 1. The van der Waals surface area contributed by atoms with E-state index >= 15 is 0 Å². The summed E-state index contributed by atoms with van der Waals surface area (Å²) >= 11 is 0. The fourth-order valence-electron chi connectivity index (χ4n) is 3.17. The number of hydrogen-bond donors (Lipinski definition) is 1. The van der Waals surface area contributed by atoms with Crippen molar-refractivity contribution in [1.29, 1.82) is 0 Å². The number of carbonyl (C=O) groups is 1. The van der Waals surface area contributed by atoms with E-state index in [1.165, 1.54) is 0 Å². The van der Waals surface area contributed by atoms with Crippen molar-refractivity contribution in [1.82, 2.24) is 4.90 Å². The Morgan fingerprint density at radius 3 is 2.67 bits per heavy atom. The Kier molecular flexibility index (Phi) is 3.55. The van der Waals surface area contributed by atoms with E-state index in [2.05, 4.69) is 18.2 Å².